The van der Waals surface area contributed by atoms with E-state index >= 15 is 0 Å². The maximum absolute atomic E-state index is 5.40. The minimum absolute atomic E-state index is 0.708. The second kappa shape index (κ2) is 3.75. The van der Waals surface area contributed by atoms with E-state index in [0.717, 1.165) is 6.42 Å². The molecule has 0 unspecified atom stereocenters. The highest BCUT2D eigenvalue weighted by atomic mass is 15.1. The largest absolute Gasteiger partial charge is 0.330 e. The van der Waals surface area contributed by atoms with E-state index in [0.29, 0.717) is 12.6 Å². The highest BCUT2D eigenvalue weighted by molar-refractivity contribution is 5.44. The van der Waals surface area contributed by atoms with Crippen LogP contribution >= 0.6 is 0 Å². The second-order valence-electron chi connectivity index (χ2n) is 3.44. The lowest BCUT2D eigenvalue weighted by molar-refractivity contribution is 0.733. The fourth-order valence-electron chi connectivity index (χ4n) is 1.40. The third-order valence-corrected chi connectivity index (χ3v) is 2.26. The SMILES string of the molecule is NCCC=Cc1cncn1C1CC1. The number of rotatable bonds is 4. The molecule has 1 aromatic heterocycles. The van der Waals surface area contributed by atoms with Crippen molar-refractivity contribution in [3.8, 4) is 0 Å². The zero-order valence-corrected chi connectivity index (χ0v) is 7.69. The van der Waals surface area contributed by atoms with E-state index in [4.69, 9.17) is 5.73 Å². The number of nitrogens with two attached hydrogens (primary N) is 1. The molecular weight excluding hydrogens is 162 g/mol. The van der Waals surface area contributed by atoms with Gasteiger partial charge in [-0.15, -0.1) is 0 Å². The van der Waals surface area contributed by atoms with Gasteiger partial charge in [0.1, 0.15) is 0 Å². The molecule has 2 N–H and O–H groups in total. The van der Waals surface area contributed by atoms with Gasteiger partial charge in [0.2, 0.25) is 0 Å². The van der Waals surface area contributed by atoms with Gasteiger partial charge in [-0.3, -0.25) is 0 Å². The van der Waals surface area contributed by atoms with Crippen molar-refractivity contribution in [1.82, 2.24) is 9.55 Å². The van der Waals surface area contributed by atoms with E-state index in [9.17, 15) is 0 Å². The van der Waals surface area contributed by atoms with Crippen molar-refractivity contribution < 1.29 is 0 Å². The molecule has 0 amide bonds. The van der Waals surface area contributed by atoms with Gasteiger partial charge in [-0.1, -0.05) is 6.08 Å². The van der Waals surface area contributed by atoms with Gasteiger partial charge in [0, 0.05) is 6.04 Å². The van der Waals surface area contributed by atoms with Gasteiger partial charge in [0.05, 0.1) is 18.2 Å². The molecule has 0 aliphatic heterocycles. The third kappa shape index (κ3) is 1.98. The molecule has 2 rings (SSSR count). The molecule has 3 heteroatoms. The first kappa shape index (κ1) is 8.51. The van der Waals surface area contributed by atoms with Gasteiger partial charge < -0.3 is 10.3 Å². The van der Waals surface area contributed by atoms with Crippen LogP contribution in [0.1, 0.15) is 31.0 Å². The fourth-order valence-corrected chi connectivity index (χ4v) is 1.40. The van der Waals surface area contributed by atoms with E-state index in [1.54, 1.807) is 0 Å². The maximum atomic E-state index is 5.40. The Balaban J connectivity index is 2.05. The topological polar surface area (TPSA) is 43.8 Å². The Morgan fingerprint density at radius 3 is 3.15 bits per heavy atom. The molecule has 0 spiro atoms. The Kier molecular flexibility index (Phi) is 2.45. The Morgan fingerprint density at radius 1 is 1.62 bits per heavy atom. The number of imidazole rings is 1. The Morgan fingerprint density at radius 2 is 2.46 bits per heavy atom. The molecule has 1 fully saturated rings. The molecule has 1 heterocycles. The zero-order chi connectivity index (χ0) is 9.10. The molecular formula is C10H15N3. The molecule has 0 saturated heterocycles. The highest BCUT2D eigenvalue weighted by Gasteiger charge is 2.24. The lowest BCUT2D eigenvalue weighted by Gasteiger charge is -2.00. The molecule has 1 aliphatic carbocycles. The summed E-state index contributed by atoms with van der Waals surface area (Å²) in [7, 11) is 0. The zero-order valence-electron chi connectivity index (χ0n) is 7.69. The molecule has 0 radical (unpaired) electrons. The fraction of sp³-hybridized carbons (Fsp3) is 0.500. The summed E-state index contributed by atoms with van der Waals surface area (Å²) in [6.07, 6.45) is 11.6. The summed E-state index contributed by atoms with van der Waals surface area (Å²) in [4.78, 5) is 4.14. The summed E-state index contributed by atoms with van der Waals surface area (Å²) in [5, 5.41) is 0. The molecule has 13 heavy (non-hydrogen) atoms. The van der Waals surface area contributed by atoms with Crippen LogP contribution in [0.5, 0.6) is 0 Å². The summed E-state index contributed by atoms with van der Waals surface area (Å²) in [6, 6.07) is 0.708. The van der Waals surface area contributed by atoms with Crippen LogP contribution in [0.3, 0.4) is 0 Å². The van der Waals surface area contributed by atoms with Crippen LogP contribution in [0.25, 0.3) is 6.08 Å². The second-order valence-corrected chi connectivity index (χ2v) is 3.44. The van der Waals surface area contributed by atoms with Crippen LogP contribution in [0.2, 0.25) is 0 Å². The van der Waals surface area contributed by atoms with E-state index in [-0.39, 0.29) is 0 Å². The van der Waals surface area contributed by atoms with E-state index in [2.05, 4.69) is 21.7 Å². The van der Waals surface area contributed by atoms with Gasteiger partial charge in [0.15, 0.2) is 0 Å². The van der Waals surface area contributed by atoms with Crippen molar-refractivity contribution in [2.24, 2.45) is 5.73 Å². The average Bonchev–Trinajstić information content (AvgIpc) is 2.88. The summed E-state index contributed by atoms with van der Waals surface area (Å²) < 4.78 is 2.24. The first-order chi connectivity index (χ1) is 6.42. The Labute approximate surface area is 78.3 Å². The summed E-state index contributed by atoms with van der Waals surface area (Å²) >= 11 is 0. The molecule has 0 bridgehead atoms. The molecule has 70 valence electrons. The molecule has 3 nitrogen and oxygen atoms in total. The Hall–Kier alpha value is -1.09. The minimum Gasteiger partial charge on any atom is -0.330 e. The predicted octanol–water partition coefficient (Wildman–Crippen LogP) is 1.58. The van der Waals surface area contributed by atoms with Gasteiger partial charge in [-0.25, -0.2) is 4.98 Å². The van der Waals surface area contributed by atoms with Crippen LogP contribution in [0.4, 0.5) is 0 Å². The van der Waals surface area contributed by atoms with Crippen molar-refractivity contribution in [3.63, 3.8) is 0 Å². The van der Waals surface area contributed by atoms with Crippen molar-refractivity contribution in [1.29, 1.82) is 0 Å². The van der Waals surface area contributed by atoms with Crippen LogP contribution in [0, 0.1) is 0 Å². The lowest BCUT2D eigenvalue weighted by Crippen LogP contribution is -1.96. The summed E-state index contributed by atoms with van der Waals surface area (Å²) in [5.41, 5.74) is 6.61. The third-order valence-electron chi connectivity index (χ3n) is 2.26. The van der Waals surface area contributed by atoms with E-state index in [1.807, 2.05) is 12.5 Å². The first-order valence-electron chi connectivity index (χ1n) is 4.80. The van der Waals surface area contributed by atoms with Crippen molar-refractivity contribution >= 4 is 6.08 Å². The molecule has 0 aromatic carbocycles. The maximum Gasteiger partial charge on any atom is 0.0953 e. The molecule has 1 aliphatic rings. The van der Waals surface area contributed by atoms with Crippen LogP contribution < -0.4 is 5.73 Å². The standard InChI is InChI=1S/C10H15N3/c11-6-2-1-3-10-7-12-8-13(10)9-4-5-9/h1,3,7-9H,2,4-6,11H2. The summed E-state index contributed by atoms with van der Waals surface area (Å²) in [5.74, 6) is 0. The Bertz CT molecular complexity index is 297. The number of hydrogen-bond acceptors (Lipinski definition) is 2. The van der Waals surface area contributed by atoms with E-state index < -0.39 is 0 Å². The first-order valence-corrected chi connectivity index (χ1v) is 4.80. The van der Waals surface area contributed by atoms with Crippen LogP contribution in [-0.4, -0.2) is 16.1 Å². The average molecular weight is 177 g/mol. The van der Waals surface area contributed by atoms with Crippen molar-refractivity contribution in [2.45, 2.75) is 25.3 Å². The highest BCUT2D eigenvalue weighted by Crippen LogP contribution is 2.35. The molecule has 0 atom stereocenters. The van der Waals surface area contributed by atoms with Crippen LogP contribution in [0.15, 0.2) is 18.6 Å². The van der Waals surface area contributed by atoms with Gasteiger partial charge >= 0.3 is 0 Å². The minimum atomic E-state index is 0.708. The smallest absolute Gasteiger partial charge is 0.0953 e. The monoisotopic (exact) mass is 177 g/mol. The molecule has 1 saturated carbocycles. The van der Waals surface area contributed by atoms with Gasteiger partial charge in [-0.2, -0.15) is 0 Å². The summed E-state index contributed by atoms with van der Waals surface area (Å²) in [6.45, 7) is 0.716. The van der Waals surface area contributed by atoms with Crippen LogP contribution in [-0.2, 0) is 0 Å². The van der Waals surface area contributed by atoms with Crippen molar-refractivity contribution in [3.05, 3.63) is 24.3 Å². The lowest BCUT2D eigenvalue weighted by atomic mass is 10.3. The number of hydrogen-bond donors (Lipinski definition) is 1. The number of nitrogens with zero attached hydrogens (tertiary/aromatic N) is 2. The predicted molar refractivity (Wildman–Crippen MR) is 53.2 cm³/mol. The van der Waals surface area contributed by atoms with E-state index in [1.165, 1.54) is 18.5 Å². The van der Waals surface area contributed by atoms with Gasteiger partial charge in [-0.05, 0) is 31.9 Å². The quantitative estimate of drug-likeness (QED) is 0.758. The molecule has 1 aromatic rings. The van der Waals surface area contributed by atoms with Crippen molar-refractivity contribution in [2.75, 3.05) is 6.54 Å². The normalized spacial score (nSPS) is 17.0. The number of aromatic nitrogens is 2. The van der Waals surface area contributed by atoms with Gasteiger partial charge in [0.25, 0.3) is 0 Å².